The van der Waals surface area contributed by atoms with Crippen molar-refractivity contribution >= 4 is 11.9 Å². The second-order valence-electron chi connectivity index (χ2n) is 9.64. The molecule has 1 aliphatic carbocycles. The van der Waals surface area contributed by atoms with Gasteiger partial charge in [-0.15, -0.1) is 0 Å². The van der Waals surface area contributed by atoms with Crippen molar-refractivity contribution < 1.29 is 24.2 Å². The van der Waals surface area contributed by atoms with Crippen LogP contribution in [0.4, 0.5) is 0 Å². The number of aliphatic carboxylic acids is 1. The second-order valence-corrected chi connectivity index (χ2v) is 9.64. The standard InChI is InChI=1S/C28H29NO5/c1-27(2,3)34-19-14-12-18(13-15-19)16-28(29,25(30)31)26(32)33-17-24-22-10-6-4-8-20(22)21-9-5-7-11-23(21)24/h4-15,24H,16-17,29H2,1-3H3,(H,30,31)/t28-/m1/s1. The van der Waals surface area contributed by atoms with Gasteiger partial charge in [-0.05, 0) is 60.7 Å². The van der Waals surface area contributed by atoms with Crippen LogP contribution in [0.1, 0.15) is 43.4 Å². The van der Waals surface area contributed by atoms with Gasteiger partial charge in [-0.1, -0.05) is 60.7 Å². The number of carbonyl (C=O) groups is 2. The lowest BCUT2D eigenvalue weighted by molar-refractivity contribution is -0.161. The van der Waals surface area contributed by atoms with Crippen molar-refractivity contribution in [3.63, 3.8) is 0 Å². The first kappa shape index (κ1) is 23.5. The SMILES string of the molecule is CC(C)(C)Oc1ccc(C[C@@](N)(C(=O)O)C(=O)OCC2c3ccccc3-c3ccccc32)cc1. The third kappa shape index (κ3) is 4.68. The van der Waals surface area contributed by atoms with Gasteiger partial charge in [-0.2, -0.15) is 0 Å². The van der Waals surface area contributed by atoms with Crippen LogP contribution in [0.5, 0.6) is 5.75 Å². The van der Waals surface area contributed by atoms with E-state index in [0.29, 0.717) is 11.3 Å². The number of esters is 1. The monoisotopic (exact) mass is 459 g/mol. The molecule has 6 nitrogen and oxygen atoms in total. The third-order valence-electron chi connectivity index (χ3n) is 5.92. The number of carboxylic acid groups (broad SMARTS) is 1. The van der Waals surface area contributed by atoms with Gasteiger partial charge in [0.25, 0.3) is 0 Å². The number of hydrogen-bond acceptors (Lipinski definition) is 5. The molecule has 3 N–H and O–H groups in total. The molecular weight excluding hydrogens is 430 g/mol. The van der Waals surface area contributed by atoms with E-state index in [9.17, 15) is 14.7 Å². The molecule has 0 aromatic heterocycles. The zero-order valence-corrected chi connectivity index (χ0v) is 19.6. The van der Waals surface area contributed by atoms with Gasteiger partial charge in [-0.25, -0.2) is 9.59 Å². The van der Waals surface area contributed by atoms with Crippen LogP contribution in [-0.2, 0) is 20.7 Å². The highest BCUT2D eigenvalue weighted by atomic mass is 16.5. The van der Waals surface area contributed by atoms with E-state index in [1.165, 1.54) is 0 Å². The summed E-state index contributed by atoms with van der Waals surface area (Å²) in [5.41, 5.74) is 8.43. The Morgan fingerprint density at radius 3 is 1.91 bits per heavy atom. The Labute approximate surface area is 199 Å². The molecular formula is C28H29NO5. The Bertz CT molecular complexity index is 1170. The first-order chi connectivity index (χ1) is 16.1. The molecule has 3 aromatic rings. The second kappa shape index (κ2) is 8.95. The number of hydrogen-bond donors (Lipinski definition) is 2. The molecule has 0 radical (unpaired) electrons. The van der Waals surface area contributed by atoms with Crippen LogP contribution in [0.15, 0.2) is 72.8 Å². The van der Waals surface area contributed by atoms with E-state index >= 15 is 0 Å². The van der Waals surface area contributed by atoms with E-state index < -0.39 is 17.5 Å². The van der Waals surface area contributed by atoms with Gasteiger partial charge in [0.05, 0.1) is 0 Å². The van der Waals surface area contributed by atoms with Crippen molar-refractivity contribution in [2.75, 3.05) is 6.61 Å². The first-order valence-corrected chi connectivity index (χ1v) is 11.2. The fourth-order valence-electron chi connectivity index (χ4n) is 4.31. The van der Waals surface area contributed by atoms with Crippen molar-refractivity contribution in [1.82, 2.24) is 0 Å². The highest BCUT2D eigenvalue weighted by molar-refractivity contribution is 6.04. The molecule has 176 valence electrons. The van der Waals surface area contributed by atoms with E-state index in [1.54, 1.807) is 24.3 Å². The Hall–Kier alpha value is -3.64. The minimum Gasteiger partial charge on any atom is -0.488 e. The summed E-state index contributed by atoms with van der Waals surface area (Å²) in [6.45, 7) is 5.83. The number of carboxylic acids is 1. The number of nitrogens with two attached hydrogens (primary N) is 1. The molecule has 0 heterocycles. The van der Waals surface area contributed by atoms with Crippen molar-refractivity contribution in [2.45, 2.75) is 44.2 Å². The Balaban J connectivity index is 1.50. The predicted molar refractivity (Wildman–Crippen MR) is 130 cm³/mol. The van der Waals surface area contributed by atoms with E-state index in [0.717, 1.165) is 22.3 Å². The summed E-state index contributed by atoms with van der Waals surface area (Å²) in [6.07, 6.45) is -0.200. The summed E-state index contributed by atoms with van der Waals surface area (Å²) in [5, 5.41) is 9.83. The summed E-state index contributed by atoms with van der Waals surface area (Å²) >= 11 is 0. The Kier molecular flexibility index (Phi) is 6.19. The highest BCUT2D eigenvalue weighted by Gasteiger charge is 2.45. The molecule has 3 aromatic carbocycles. The maximum atomic E-state index is 13.0. The van der Waals surface area contributed by atoms with Crippen molar-refractivity contribution in [1.29, 1.82) is 0 Å². The van der Waals surface area contributed by atoms with E-state index in [2.05, 4.69) is 0 Å². The average molecular weight is 460 g/mol. The molecule has 0 fully saturated rings. The zero-order valence-electron chi connectivity index (χ0n) is 19.6. The Morgan fingerprint density at radius 2 is 1.41 bits per heavy atom. The molecule has 6 heteroatoms. The van der Waals surface area contributed by atoms with Gasteiger partial charge in [0.15, 0.2) is 0 Å². The van der Waals surface area contributed by atoms with Gasteiger partial charge < -0.3 is 20.3 Å². The Morgan fingerprint density at radius 1 is 0.882 bits per heavy atom. The van der Waals surface area contributed by atoms with E-state index in [1.807, 2.05) is 69.3 Å². The molecule has 0 aliphatic heterocycles. The van der Waals surface area contributed by atoms with Gasteiger partial charge in [-0.3, -0.25) is 0 Å². The molecule has 0 spiro atoms. The normalized spacial score (nSPS) is 14.6. The number of fused-ring (bicyclic) bond motifs is 3. The van der Waals surface area contributed by atoms with Crippen molar-refractivity contribution in [2.24, 2.45) is 5.73 Å². The molecule has 0 saturated carbocycles. The number of ether oxygens (including phenoxy) is 2. The predicted octanol–water partition coefficient (Wildman–Crippen LogP) is 4.54. The lowest BCUT2D eigenvalue weighted by atomic mass is 9.91. The summed E-state index contributed by atoms with van der Waals surface area (Å²) in [4.78, 5) is 25.1. The quantitative estimate of drug-likeness (QED) is 0.397. The van der Waals surface area contributed by atoms with Gasteiger partial charge in [0, 0.05) is 12.3 Å². The minimum absolute atomic E-state index is 0.0114. The van der Waals surface area contributed by atoms with Crippen LogP contribution in [0.25, 0.3) is 11.1 Å². The van der Waals surface area contributed by atoms with Gasteiger partial charge >= 0.3 is 11.9 Å². The average Bonchev–Trinajstić information content (AvgIpc) is 3.11. The highest BCUT2D eigenvalue weighted by Crippen LogP contribution is 2.44. The summed E-state index contributed by atoms with van der Waals surface area (Å²) < 4.78 is 11.4. The minimum atomic E-state index is -2.20. The van der Waals surface area contributed by atoms with Crippen molar-refractivity contribution in [3.8, 4) is 16.9 Å². The maximum Gasteiger partial charge on any atom is 0.338 e. The van der Waals surface area contributed by atoms with Crippen LogP contribution in [0.2, 0.25) is 0 Å². The van der Waals surface area contributed by atoms with Crippen LogP contribution in [-0.4, -0.2) is 34.8 Å². The first-order valence-electron chi connectivity index (χ1n) is 11.2. The molecule has 0 bridgehead atoms. The maximum absolute atomic E-state index is 13.0. The molecule has 0 amide bonds. The fraction of sp³-hybridized carbons (Fsp3) is 0.286. The lowest BCUT2D eigenvalue weighted by Crippen LogP contribution is -2.57. The van der Waals surface area contributed by atoms with E-state index in [4.69, 9.17) is 15.2 Å². The van der Waals surface area contributed by atoms with Crippen LogP contribution in [0, 0.1) is 0 Å². The lowest BCUT2D eigenvalue weighted by Gasteiger charge is -2.25. The molecule has 34 heavy (non-hydrogen) atoms. The molecule has 1 atom stereocenters. The van der Waals surface area contributed by atoms with Crippen LogP contribution < -0.4 is 10.5 Å². The zero-order chi connectivity index (χ0) is 24.5. The fourth-order valence-corrected chi connectivity index (χ4v) is 4.31. The molecule has 0 unspecified atom stereocenters. The number of benzene rings is 3. The summed E-state index contributed by atoms with van der Waals surface area (Å²) in [6, 6.07) is 22.8. The van der Waals surface area contributed by atoms with Crippen LogP contribution in [0.3, 0.4) is 0 Å². The summed E-state index contributed by atoms with van der Waals surface area (Å²) in [7, 11) is 0. The van der Waals surface area contributed by atoms with Crippen LogP contribution >= 0.6 is 0 Å². The summed E-state index contributed by atoms with van der Waals surface area (Å²) in [5.74, 6) is -1.92. The number of rotatable bonds is 7. The van der Waals surface area contributed by atoms with Crippen molar-refractivity contribution in [3.05, 3.63) is 89.5 Å². The van der Waals surface area contributed by atoms with Gasteiger partial charge in [0.2, 0.25) is 5.54 Å². The largest absolute Gasteiger partial charge is 0.488 e. The third-order valence-corrected chi connectivity index (χ3v) is 5.92. The number of carbonyl (C=O) groups excluding carboxylic acids is 1. The topological polar surface area (TPSA) is 98.9 Å². The van der Waals surface area contributed by atoms with E-state index in [-0.39, 0.29) is 24.5 Å². The molecule has 1 aliphatic rings. The smallest absolute Gasteiger partial charge is 0.338 e. The molecule has 4 rings (SSSR count). The van der Waals surface area contributed by atoms with Gasteiger partial charge in [0.1, 0.15) is 18.0 Å². The molecule has 0 saturated heterocycles.